The van der Waals surface area contributed by atoms with Crippen LogP contribution in [0.2, 0.25) is 0 Å². The SMILES string of the molecule is C=CC(=O)OC[C@H](OC(=O)C=C)[C@@H](O)[C@H](O)[C@H](O)CO. The van der Waals surface area contributed by atoms with Gasteiger partial charge in [-0.25, -0.2) is 9.59 Å². The van der Waals surface area contributed by atoms with E-state index in [2.05, 4.69) is 17.9 Å². The molecule has 0 bridgehead atoms. The third-order valence-electron chi connectivity index (χ3n) is 2.30. The van der Waals surface area contributed by atoms with E-state index in [0.29, 0.717) is 0 Å². The van der Waals surface area contributed by atoms with Crippen LogP contribution in [0.5, 0.6) is 0 Å². The van der Waals surface area contributed by atoms with Crippen molar-refractivity contribution in [3.63, 3.8) is 0 Å². The minimum Gasteiger partial charge on any atom is -0.458 e. The summed E-state index contributed by atoms with van der Waals surface area (Å²) >= 11 is 0. The zero-order valence-corrected chi connectivity index (χ0v) is 10.7. The Morgan fingerprint density at radius 3 is 2.05 bits per heavy atom. The molecule has 0 aliphatic heterocycles. The van der Waals surface area contributed by atoms with Crippen molar-refractivity contribution in [2.45, 2.75) is 24.4 Å². The van der Waals surface area contributed by atoms with Gasteiger partial charge in [0.15, 0.2) is 6.10 Å². The minimum atomic E-state index is -1.80. The molecule has 0 unspecified atom stereocenters. The van der Waals surface area contributed by atoms with Crippen molar-refractivity contribution in [1.29, 1.82) is 0 Å². The Hall–Kier alpha value is -1.74. The van der Waals surface area contributed by atoms with E-state index in [1.54, 1.807) is 0 Å². The van der Waals surface area contributed by atoms with Crippen LogP contribution in [0.1, 0.15) is 0 Å². The van der Waals surface area contributed by atoms with Crippen LogP contribution >= 0.6 is 0 Å². The Morgan fingerprint density at radius 2 is 1.60 bits per heavy atom. The largest absolute Gasteiger partial charge is 0.458 e. The fraction of sp³-hybridized carbons (Fsp3) is 0.500. The first kappa shape index (κ1) is 18.3. The van der Waals surface area contributed by atoms with Crippen molar-refractivity contribution in [3.05, 3.63) is 25.3 Å². The topological polar surface area (TPSA) is 134 Å². The molecule has 0 saturated carbocycles. The van der Waals surface area contributed by atoms with Crippen LogP contribution in [0.15, 0.2) is 25.3 Å². The summed E-state index contributed by atoms with van der Waals surface area (Å²) in [5.74, 6) is -1.75. The van der Waals surface area contributed by atoms with Crippen molar-refractivity contribution in [2.75, 3.05) is 13.2 Å². The molecule has 4 N–H and O–H groups in total. The molecule has 0 rings (SSSR count). The van der Waals surface area contributed by atoms with Gasteiger partial charge in [-0.2, -0.15) is 0 Å². The average molecular weight is 290 g/mol. The molecular formula is C12H18O8. The van der Waals surface area contributed by atoms with Crippen LogP contribution in [0.4, 0.5) is 0 Å². The normalized spacial score (nSPS) is 16.4. The Kier molecular flexibility index (Phi) is 8.41. The standard InChI is InChI=1S/C12H18O8/c1-3-9(15)19-6-8(20-10(16)4-2)12(18)11(17)7(14)5-13/h3-4,7-8,11-14,17-18H,1-2,5-6H2/t7-,8+,11-,12-/m1/s1. The van der Waals surface area contributed by atoms with E-state index in [1.165, 1.54) is 0 Å². The summed E-state index contributed by atoms with van der Waals surface area (Å²) in [4.78, 5) is 22.0. The van der Waals surface area contributed by atoms with E-state index in [-0.39, 0.29) is 0 Å². The molecule has 0 saturated heterocycles. The maximum atomic E-state index is 11.1. The second kappa shape index (κ2) is 9.21. The number of aliphatic hydroxyl groups is 4. The molecular weight excluding hydrogens is 272 g/mol. The highest BCUT2D eigenvalue weighted by atomic mass is 16.6. The predicted octanol–water partition coefficient (Wildman–Crippen LogP) is -2.11. The molecule has 0 fully saturated rings. The van der Waals surface area contributed by atoms with Crippen LogP contribution < -0.4 is 0 Å². The van der Waals surface area contributed by atoms with Gasteiger partial charge in [-0.1, -0.05) is 13.2 Å². The lowest BCUT2D eigenvalue weighted by atomic mass is 10.0. The number of hydrogen-bond donors (Lipinski definition) is 4. The summed E-state index contributed by atoms with van der Waals surface area (Å²) in [7, 11) is 0. The number of ether oxygens (including phenoxy) is 2. The van der Waals surface area contributed by atoms with Gasteiger partial charge in [0.25, 0.3) is 0 Å². The van der Waals surface area contributed by atoms with Crippen LogP contribution in [0, 0.1) is 0 Å². The lowest BCUT2D eigenvalue weighted by Gasteiger charge is -2.27. The van der Waals surface area contributed by atoms with Gasteiger partial charge in [0.1, 0.15) is 24.9 Å². The van der Waals surface area contributed by atoms with E-state index >= 15 is 0 Å². The molecule has 0 aromatic heterocycles. The van der Waals surface area contributed by atoms with E-state index in [0.717, 1.165) is 12.2 Å². The van der Waals surface area contributed by atoms with Gasteiger partial charge < -0.3 is 29.9 Å². The van der Waals surface area contributed by atoms with Crippen LogP contribution in [-0.2, 0) is 19.1 Å². The zero-order valence-electron chi connectivity index (χ0n) is 10.7. The Morgan fingerprint density at radius 1 is 1.05 bits per heavy atom. The molecule has 0 aliphatic carbocycles. The van der Waals surface area contributed by atoms with E-state index in [9.17, 15) is 24.9 Å². The number of carbonyl (C=O) groups is 2. The second-order valence-electron chi connectivity index (χ2n) is 3.74. The number of rotatable bonds is 9. The molecule has 0 aliphatic rings. The summed E-state index contributed by atoms with van der Waals surface area (Å²) < 4.78 is 9.30. The number of aliphatic hydroxyl groups excluding tert-OH is 4. The fourth-order valence-corrected chi connectivity index (χ4v) is 1.18. The molecule has 0 radical (unpaired) electrons. The molecule has 4 atom stereocenters. The lowest BCUT2D eigenvalue weighted by molar-refractivity contribution is -0.172. The van der Waals surface area contributed by atoms with Crippen molar-refractivity contribution in [2.24, 2.45) is 0 Å². The molecule has 0 spiro atoms. The molecule has 0 aromatic rings. The Balaban J connectivity index is 4.80. The molecule has 0 amide bonds. The maximum absolute atomic E-state index is 11.1. The van der Waals surface area contributed by atoms with Crippen molar-refractivity contribution in [3.8, 4) is 0 Å². The molecule has 20 heavy (non-hydrogen) atoms. The predicted molar refractivity (Wildman–Crippen MR) is 66.3 cm³/mol. The summed E-state index contributed by atoms with van der Waals surface area (Å²) in [6, 6.07) is 0. The summed E-state index contributed by atoms with van der Waals surface area (Å²) in [6.45, 7) is 4.92. The van der Waals surface area contributed by atoms with Gasteiger partial charge in [-0.3, -0.25) is 0 Å². The number of carbonyl (C=O) groups excluding carboxylic acids is 2. The van der Waals surface area contributed by atoms with E-state index in [4.69, 9.17) is 9.84 Å². The number of esters is 2. The van der Waals surface area contributed by atoms with Crippen molar-refractivity contribution >= 4 is 11.9 Å². The zero-order chi connectivity index (χ0) is 15.7. The van der Waals surface area contributed by atoms with E-state index < -0.39 is 49.6 Å². The second-order valence-corrected chi connectivity index (χ2v) is 3.74. The fourth-order valence-electron chi connectivity index (χ4n) is 1.18. The average Bonchev–Trinajstić information content (AvgIpc) is 2.47. The first-order valence-electron chi connectivity index (χ1n) is 5.64. The smallest absolute Gasteiger partial charge is 0.330 e. The third-order valence-corrected chi connectivity index (χ3v) is 2.30. The first-order chi connectivity index (χ1) is 9.37. The Bertz CT molecular complexity index is 353. The highest BCUT2D eigenvalue weighted by molar-refractivity contribution is 5.82. The van der Waals surface area contributed by atoms with Gasteiger partial charge in [0.05, 0.1) is 6.61 Å². The third kappa shape index (κ3) is 5.93. The first-order valence-corrected chi connectivity index (χ1v) is 5.64. The highest BCUT2D eigenvalue weighted by Gasteiger charge is 2.34. The van der Waals surface area contributed by atoms with Gasteiger partial charge in [0, 0.05) is 12.2 Å². The lowest BCUT2D eigenvalue weighted by Crippen LogP contribution is -2.49. The summed E-state index contributed by atoms with van der Waals surface area (Å²) in [5, 5.41) is 37.2. The molecule has 8 nitrogen and oxygen atoms in total. The van der Waals surface area contributed by atoms with Crippen molar-refractivity contribution in [1.82, 2.24) is 0 Å². The van der Waals surface area contributed by atoms with Crippen LogP contribution in [-0.4, -0.2) is 70.0 Å². The Labute approximate surface area is 115 Å². The van der Waals surface area contributed by atoms with Gasteiger partial charge in [0.2, 0.25) is 0 Å². The van der Waals surface area contributed by atoms with Crippen LogP contribution in [0.3, 0.4) is 0 Å². The monoisotopic (exact) mass is 290 g/mol. The van der Waals surface area contributed by atoms with Crippen molar-refractivity contribution < 1.29 is 39.5 Å². The van der Waals surface area contributed by atoms with Gasteiger partial charge in [-0.15, -0.1) is 0 Å². The highest BCUT2D eigenvalue weighted by Crippen LogP contribution is 2.10. The maximum Gasteiger partial charge on any atom is 0.330 e. The van der Waals surface area contributed by atoms with Gasteiger partial charge >= 0.3 is 11.9 Å². The molecule has 8 heteroatoms. The molecule has 114 valence electrons. The molecule has 0 aromatic carbocycles. The summed E-state index contributed by atoms with van der Waals surface area (Å²) in [6.07, 6.45) is -5.00. The minimum absolute atomic E-state index is 0.569. The molecule has 0 heterocycles. The quantitative estimate of drug-likeness (QED) is 0.280. The summed E-state index contributed by atoms with van der Waals surface area (Å²) in [5.41, 5.74) is 0. The number of hydrogen-bond acceptors (Lipinski definition) is 8. The van der Waals surface area contributed by atoms with Gasteiger partial charge in [-0.05, 0) is 0 Å². The van der Waals surface area contributed by atoms with Crippen LogP contribution in [0.25, 0.3) is 0 Å². The van der Waals surface area contributed by atoms with E-state index in [1.807, 2.05) is 0 Å².